The van der Waals surface area contributed by atoms with Crippen LogP contribution in [-0.2, 0) is 0 Å². The van der Waals surface area contributed by atoms with E-state index in [0.29, 0.717) is 34.0 Å². The van der Waals surface area contributed by atoms with E-state index in [-0.39, 0.29) is 11.8 Å². The fourth-order valence-electron chi connectivity index (χ4n) is 4.23. The smallest absolute Gasteiger partial charge is 0.257 e. The Kier molecular flexibility index (Phi) is 8.07. The number of nitrogens with zero attached hydrogens (tertiary/aromatic N) is 2. The van der Waals surface area contributed by atoms with Crippen molar-refractivity contribution >= 4 is 28.9 Å². The maximum Gasteiger partial charge on any atom is 0.257 e. The van der Waals surface area contributed by atoms with Crippen molar-refractivity contribution in [3.63, 3.8) is 0 Å². The number of carbonyl (C=O) groups is 2. The van der Waals surface area contributed by atoms with Crippen LogP contribution in [0.25, 0.3) is 0 Å². The van der Waals surface area contributed by atoms with Gasteiger partial charge in [0.25, 0.3) is 11.8 Å². The number of hydrogen-bond acceptors (Lipinski definition) is 6. The number of nitrogens with one attached hydrogen (secondary N) is 2. The van der Waals surface area contributed by atoms with E-state index in [4.69, 9.17) is 9.47 Å². The first-order valence-electron chi connectivity index (χ1n) is 12.0. The van der Waals surface area contributed by atoms with Gasteiger partial charge >= 0.3 is 0 Å². The first-order valence-corrected chi connectivity index (χ1v) is 12.0. The summed E-state index contributed by atoms with van der Waals surface area (Å²) in [7, 11) is 5.23. The molecule has 1 saturated heterocycles. The summed E-state index contributed by atoms with van der Waals surface area (Å²) in [6.07, 6.45) is 1.11. The second-order valence-corrected chi connectivity index (χ2v) is 8.71. The van der Waals surface area contributed by atoms with Gasteiger partial charge in [-0.1, -0.05) is 12.1 Å². The standard InChI is InChI=1S/C28H32N4O4/c1-31-15-6-16-32(18-17-31)22-12-9-20(10-13-22)27(33)30-24-8-5-4-7-23(24)28(34)29-21-11-14-25(35-2)26(19-21)36-3/h4-5,7-14,19H,6,15-18H2,1-3H3,(H,29,34)(H,30,33). The highest BCUT2D eigenvalue weighted by Gasteiger charge is 2.17. The molecule has 8 heteroatoms. The zero-order valence-electron chi connectivity index (χ0n) is 20.9. The van der Waals surface area contributed by atoms with Gasteiger partial charge in [-0.15, -0.1) is 0 Å². The fraction of sp³-hybridized carbons (Fsp3) is 0.286. The van der Waals surface area contributed by atoms with Crippen molar-refractivity contribution in [3.8, 4) is 11.5 Å². The van der Waals surface area contributed by atoms with E-state index in [0.717, 1.165) is 38.3 Å². The summed E-state index contributed by atoms with van der Waals surface area (Å²) < 4.78 is 10.6. The Bertz CT molecular complexity index is 1210. The summed E-state index contributed by atoms with van der Waals surface area (Å²) in [5.74, 6) is 0.452. The van der Waals surface area contributed by atoms with Gasteiger partial charge in [0.05, 0.1) is 25.5 Å². The van der Waals surface area contributed by atoms with Crippen molar-refractivity contribution in [2.75, 3.05) is 63.0 Å². The van der Waals surface area contributed by atoms with Gasteiger partial charge in [-0.3, -0.25) is 9.59 Å². The largest absolute Gasteiger partial charge is 0.493 e. The maximum absolute atomic E-state index is 13.0. The Labute approximate surface area is 211 Å². The van der Waals surface area contributed by atoms with E-state index >= 15 is 0 Å². The lowest BCUT2D eigenvalue weighted by Crippen LogP contribution is -2.28. The molecule has 0 atom stereocenters. The summed E-state index contributed by atoms with van der Waals surface area (Å²) in [6.45, 7) is 4.07. The van der Waals surface area contributed by atoms with Crippen LogP contribution in [0.15, 0.2) is 66.7 Å². The van der Waals surface area contributed by atoms with Crippen LogP contribution in [-0.4, -0.2) is 64.2 Å². The number of likely N-dealkylation sites (N-methyl/N-ethyl adjacent to an activating group) is 1. The van der Waals surface area contributed by atoms with E-state index in [1.807, 2.05) is 24.3 Å². The highest BCUT2D eigenvalue weighted by atomic mass is 16.5. The second kappa shape index (κ2) is 11.6. The summed E-state index contributed by atoms with van der Waals surface area (Å²) in [6, 6.07) is 19.7. The average molecular weight is 489 g/mol. The third-order valence-corrected chi connectivity index (χ3v) is 6.28. The number of ether oxygens (including phenoxy) is 2. The molecule has 0 aliphatic carbocycles. The first-order chi connectivity index (χ1) is 17.5. The Morgan fingerprint density at radius 1 is 0.778 bits per heavy atom. The molecule has 188 valence electrons. The summed E-state index contributed by atoms with van der Waals surface area (Å²) >= 11 is 0. The third-order valence-electron chi connectivity index (χ3n) is 6.28. The fourth-order valence-corrected chi connectivity index (χ4v) is 4.23. The van der Waals surface area contributed by atoms with Gasteiger partial charge in [-0.2, -0.15) is 0 Å². The molecule has 0 spiro atoms. The first kappa shape index (κ1) is 25.1. The van der Waals surface area contributed by atoms with Crippen LogP contribution in [0.2, 0.25) is 0 Å². The van der Waals surface area contributed by atoms with E-state index < -0.39 is 0 Å². The lowest BCUT2D eigenvalue weighted by atomic mass is 10.1. The van der Waals surface area contributed by atoms with E-state index in [9.17, 15) is 9.59 Å². The van der Waals surface area contributed by atoms with Crippen LogP contribution >= 0.6 is 0 Å². The molecule has 1 aliphatic rings. The minimum absolute atomic E-state index is 0.275. The van der Waals surface area contributed by atoms with Crippen LogP contribution in [0, 0.1) is 0 Å². The number of methoxy groups -OCH3 is 2. The molecule has 0 radical (unpaired) electrons. The topological polar surface area (TPSA) is 83.1 Å². The number of para-hydroxylation sites is 1. The van der Waals surface area contributed by atoms with Crippen LogP contribution in [0.5, 0.6) is 11.5 Å². The molecule has 0 saturated carbocycles. The molecule has 1 heterocycles. The molecule has 2 amide bonds. The summed E-state index contributed by atoms with van der Waals surface area (Å²) in [5.41, 5.74) is 2.97. The van der Waals surface area contributed by atoms with Gasteiger partial charge < -0.3 is 29.9 Å². The van der Waals surface area contributed by atoms with Gasteiger partial charge in [0, 0.05) is 42.6 Å². The molecule has 1 aliphatic heterocycles. The van der Waals surface area contributed by atoms with Crippen LogP contribution in [0.4, 0.5) is 17.1 Å². The third kappa shape index (κ3) is 5.95. The lowest BCUT2D eigenvalue weighted by Gasteiger charge is -2.23. The van der Waals surface area contributed by atoms with Crippen LogP contribution < -0.4 is 25.0 Å². The van der Waals surface area contributed by atoms with E-state index in [1.165, 1.54) is 7.11 Å². The summed E-state index contributed by atoms with van der Waals surface area (Å²) in [5, 5.41) is 5.74. The number of hydrogen-bond donors (Lipinski definition) is 2. The number of amides is 2. The molecule has 8 nitrogen and oxygen atoms in total. The van der Waals surface area contributed by atoms with Crippen LogP contribution in [0.3, 0.4) is 0 Å². The lowest BCUT2D eigenvalue weighted by molar-refractivity contribution is 0.102. The predicted molar refractivity (Wildman–Crippen MR) is 143 cm³/mol. The quantitative estimate of drug-likeness (QED) is 0.515. The minimum atomic E-state index is -0.348. The molecule has 2 N–H and O–H groups in total. The SMILES string of the molecule is COc1ccc(NC(=O)c2ccccc2NC(=O)c2ccc(N3CCCN(C)CC3)cc2)cc1OC. The molecule has 3 aromatic carbocycles. The van der Waals surface area contributed by atoms with Crippen molar-refractivity contribution in [2.45, 2.75) is 6.42 Å². The van der Waals surface area contributed by atoms with Gasteiger partial charge in [0.15, 0.2) is 11.5 Å². The number of carbonyl (C=O) groups excluding carboxylic acids is 2. The normalized spacial score (nSPS) is 14.0. The minimum Gasteiger partial charge on any atom is -0.493 e. The van der Waals surface area contributed by atoms with E-state index in [2.05, 4.69) is 27.5 Å². The van der Waals surface area contributed by atoms with E-state index in [1.54, 1.807) is 49.6 Å². The van der Waals surface area contributed by atoms with Crippen molar-refractivity contribution in [2.24, 2.45) is 0 Å². The molecule has 36 heavy (non-hydrogen) atoms. The monoisotopic (exact) mass is 488 g/mol. The molecule has 0 aromatic heterocycles. The zero-order valence-corrected chi connectivity index (χ0v) is 20.9. The van der Waals surface area contributed by atoms with Gasteiger partial charge in [0.2, 0.25) is 0 Å². The van der Waals surface area contributed by atoms with Crippen molar-refractivity contribution < 1.29 is 19.1 Å². The average Bonchev–Trinajstić information content (AvgIpc) is 3.13. The maximum atomic E-state index is 13.0. The number of rotatable bonds is 7. The molecular weight excluding hydrogens is 456 g/mol. The molecule has 4 rings (SSSR count). The predicted octanol–water partition coefficient (Wildman–Crippen LogP) is 4.35. The Balaban J connectivity index is 1.45. The van der Waals surface area contributed by atoms with Crippen LogP contribution in [0.1, 0.15) is 27.1 Å². The molecule has 0 bridgehead atoms. The Morgan fingerprint density at radius 2 is 1.53 bits per heavy atom. The number of benzene rings is 3. The zero-order chi connectivity index (χ0) is 25.5. The van der Waals surface area contributed by atoms with Gasteiger partial charge in [0.1, 0.15) is 0 Å². The highest BCUT2D eigenvalue weighted by molar-refractivity contribution is 6.12. The Hall–Kier alpha value is -4.04. The van der Waals surface area contributed by atoms with Gasteiger partial charge in [-0.05, 0) is 68.5 Å². The Morgan fingerprint density at radius 3 is 2.28 bits per heavy atom. The molecule has 3 aromatic rings. The van der Waals surface area contributed by atoms with Crippen molar-refractivity contribution in [3.05, 3.63) is 77.9 Å². The molecule has 1 fully saturated rings. The molecular formula is C28H32N4O4. The summed E-state index contributed by atoms with van der Waals surface area (Å²) in [4.78, 5) is 30.7. The highest BCUT2D eigenvalue weighted by Crippen LogP contribution is 2.30. The second-order valence-electron chi connectivity index (χ2n) is 8.71. The number of anilines is 3. The molecule has 0 unspecified atom stereocenters. The van der Waals surface area contributed by atoms with Gasteiger partial charge in [-0.25, -0.2) is 0 Å². The van der Waals surface area contributed by atoms with Crippen molar-refractivity contribution in [1.82, 2.24) is 4.90 Å². The van der Waals surface area contributed by atoms with Crippen molar-refractivity contribution in [1.29, 1.82) is 0 Å².